The number of pyridine rings is 1. The fourth-order valence-corrected chi connectivity index (χ4v) is 2.98. The Bertz CT molecular complexity index is 739. The first-order valence-electron chi connectivity index (χ1n) is 7.47. The second-order valence-electron chi connectivity index (χ2n) is 5.54. The van der Waals surface area contributed by atoms with Gasteiger partial charge in [-0.1, -0.05) is 0 Å². The van der Waals surface area contributed by atoms with Gasteiger partial charge in [-0.2, -0.15) is 5.10 Å². The van der Waals surface area contributed by atoms with Crippen LogP contribution in [0.2, 0.25) is 0 Å². The monoisotopic (exact) mass is 282 g/mol. The summed E-state index contributed by atoms with van der Waals surface area (Å²) in [7, 11) is 0. The van der Waals surface area contributed by atoms with Gasteiger partial charge in [-0.05, 0) is 37.0 Å². The van der Waals surface area contributed by atoms with Gasteiger partial charge in [0.05, 0.1) is 18.8 Å². The second-order valence-corrected chi connectivity index (χ2v) is 5.54. The van der Waals surface area contributed by atoms with Crippen molar-refractivity contribution in [2.24, 2.45) is 0 Å². The summed E-state index contributed by atoms with van der Waals surface area (Å²) in [4.78, 5) is 7.47. The molecule has 1 fully saturated rings. The predicted molar refractivity (Wildman–Crippen MR) is 80.9 cm³/mol. The lowest BCUT2D eigenvalue weighted by molar-refractivity contribution is 0.00400. The van der Waals surface area contributed by atoms with Crippen LogP contribution in [0.1, 0.15) is 19.3 Å². The Balaban J connectivity index is 1.60. The maximum atomic E-state index is 5.78. The Morgan fingerprint density at radius 1 is 1.33 bits per heavy atom. The lowest BCUT2D eigenvalue weighted by Crippen LogP contribution is -2.24. The van der Waals surface area contributed by atoms with E-state index in [0.29, 0.717) is 6.10 Å². The van der Waals surface area contributed by atoms with Crippen LogP contribution in [-0.4, -0.2) is 32.5 Å². The molecule has 5 nitrogen and oxygen atoms in total. The number of aromatic amines is 1. The van der Waals surface area contributed by atoms with Crippen molar-refractivity contribution in [1.82, 2.24) is 19.7 Å². The third-order valence-corrected chi connectivity index (χ3v) is 4.07. The van der Waals surface area contributed by atoms with Crippen molar-refractivity contribution in [3.8, 4) is 11.1 Å². The fraction of sp³-hybridized carbons (Fsp3) is 0.375. The molecule has 1 saturated heterocycles. The van der Waals surface area contributed by atoms with Crippen molar-refractivity contribution in [3.63, 3.8) is 0 Å². The molecular formula is C16H18N4O. The standard InChI is InChI=1S/C16H18N4O/c1-2-8-21-13(3-1)11-20-10-12(9-19-20)14-4-6-17-16-15(14)5-7-18-16/h4-7,9-10,13H,1-3,8,11H2,(H,17,18). The summed E-state index contributed by atoms with van der Waals surface area (Å²) in [5, 5.41) is 5.61. The summed E-state index contributed by atoms with van der Waals surface area (Å²) in [6, 6.07) is 4.09. The summed E-state index contributed by atoms with van der Waals surface area (Å²) < 4.78 is 7.77. The molecule has 1 atom stereocenters. The predicted octanol–water partition coefficient (Wildman–Crippen LogP) is 3.00. The first-order chi connectivity index (χ1) is 10.4. The highest BCUT2D eigenvalue weighted by atomic mass is 16.5. The number of nitrogens with zero attached hydrogens (tertiary/aromatic N) is 3. The first kappa shape index (κ1) is 12.6. The van der Waals surface area contributed by atoms with E-state index >= 15 is 0 Å². The van der Waals surface area contributed by atoms with Crippen LogP contribution in [0.15, 0.2) is 36.9 Å². The molecule has 21 heavy (non-hydrogen) atoms. The molecule has 3 aromatic rings. The summed E-state index contributed by atoms with van der Waals surface area (Å²) >= 11 is 0. The zero-order valence-electron chi connectivity index (χ0n) is 11.8. The van der Waals surface area contributed by atoms with E-state index in [1.807, 2.05) is 29.3 Å². The van der Waals surface area contributed by atoms with Gasteiger partial charge < -0.3 is 9.72 Å². The highest BCUT2D eigenvalue weighted by molar-refractivity contribution is 5.92. The summed E-state index contributed by atoms with van der Waals surface area (Å²) in [5.41, 5.74) is 3.20. The van der Waals surface area contributed by atoms with Crippen molar-refractivity contribution in [2.45, 2.75) is 31.9 Å². The number of ether oxygens (including phenoxy) is 1. The minimum Gasteiger partial charge on any atom is -0.376 e. The van der Waals surface area contributed by atoms with Gasteiger partial charge in [0.1, 0.15) is 5.65 Å². The van der Waals surface area contributed by atoms with E-state index in [1.165, 1.54) is 12.8 Å². The number of rotatable bonds is 3. The Kier molecular flexibility index (Phi) is 3.20. The van der Waals surface area contributed by atoms with Crippen molar-refractivity contribution in [2.75, 3.05) is 6.61 Å². The third kappa shape index (κ3) is 2.45. The minimum absolute atomic E-state index is 0.302. The number of hydrogen-bond donors (Lipinski definition) is 1. The van der Waals surface area contributed by atoms with E-state index in [-0.39, 0.29) is 0 Å². The SMILES string of the molecule is c1cc(-c2cnn(CC3CCCCO3)c2)c2cc[nH]c2n1. The molecule has 4 heterocycles. The van der Waals surface area contributed by atoms with Crippen LogP contribution in [0.4, 0.5) is 0 Å². The molecule has 0 aromatic carbocycles. The highest BCUT2D eigenvalue weighted by Crippen LogP contribution is 2.26. The van der Waals surface area contributed by atoms with E-state index in [0.717, 1.165) is 41.7 Å². The van der Waals surface area contributed by atoms with Crippen LogP contribution in [0.5, 0.6) is 0 Å². The Labute approximate surface area is 123 Å². The Morgan fingerprint density at radius 3 is 3.24 bits per heavy atom. The molecule has 1 aliphatic rings. The molecule has 0 spiro atoms. The van der Waals surface area contributed by atoms with Crippen LogP contribution in [0.25, 0.3) is 22.2 Å². The number of aromatic nitrogens is 4. The molecule has 5 heteroatoms. The molecule has 0 bridgehead atoms. The van der Waals surface area contributed by atoms with Crippen molar-refractivity contribution in [1.29, 1.82) is 0 Å². The Hall–Kier alpha value is -2.14. The molecule has 1 N–H and O–H groups in total. The number of H-pyrrole nitrogens is 1. The fourth-order valence-electron chi connectivity index (χ4n) is 2.98. The van der Waals surface area contributed by atoms with Crippen molar-refractivity contribution >= 4 is 11.0 Å². The number of nitrogens with one attached hydrogen (secondary N) is 1. The van der Waals surface area contributed by atoms with E-state index in [1.54, 1.807) is 0 Å². The van der Waals surface area contributed by atoms with Gasteiger partial charge >= 0.3 is 0 Å². The normalized spacial score (nSPS) is 19.1. The molecule has 108 valence electrons. The Morgan fingerprint density at radius 2 is 2.33 bits per heavy atom. The topological polar surface area (TPSA) is 55.7 Å². The van der Waals surface area contributed by atoms with E-state index in [4.69, 9.17) is 4.74 Å². The van der Waals surface area contributed by atoms with Gasteiger partial charge in [0, 0.05) is 36.1 Å². The molecule has 4 rings (SSSR count). The highest BCUT2D eigenvalue weighted by Gasteiger charge is 2.15. The molecule has 1 unspecified atom stereocenters. The maximum absolute atomic E-state index is 5.78. The average Bonchev–Trinajstić information content (AvgIpc) is 3.16. The van der Waals surface area contributed by atoms with Crippen molar-refractivity contribution < 1.29 is 4.74 Å². The van der Waals surface area contributed by atoms with Gasteiger partial charge in [0.15, 0.2) is 0 Å². The molecule has 0 radical (unpaired) electrons. The molecule has 0 aliphatic carbocycles. The average molecular weight is 282 g/mol. The number of hydrogen-bond acceptors (Lipinski definition) is 3. The minimum atomic E-state index is 0.302. The van der Waals surface area contributed by atoms with E-state index < -0.39 is 0 Å². The van der Waals surface area contributed by atoms with Crippen LogP contribution >= 0.6 is 0 Å². The van der Waals surface area contributed by atoms with Gasteiger partial charge in [0.2, 0.25) is 0 Å². The molecule has 0 amide bonds. The summed E-state index contributed by atoms with van der Waals surface area (Å²) in [5.74, 6) is 0. The summed E-state index contributed by atoms with van der Waals surface area (Å²) in [6.07, 6.45) is 11.6. The zero-order chi connectivity index (χ0) is 14.1. The lowest BCUT2D eigenvalue weighted by Gasteiger charge is -2.22. The van der Waals surface area contributed by atoms with Gasteiger partial charge in [-0.25, -0.2) is 4.98 Å². The van der Waals surface area contributed by atoms with Crippen LogP contribution in [0.3, 0.4) is 0 Å². The van der Waals surface area contributed by atoms with E-state index in [9.17, 15) is 0 Å². The second kappa shape index (κ2) is 5.33. The first-order valence-corrected chi connectivity index (χ1v) is 7.47. The van der Waals surface area contributed by atoms with Gasteiger partial charge in [0.25, 0.3) is 0 Å². The molecule has 3 aromatic heterocycles. The van der Waals surface area contributed by atoms with Crippen molar-refractivity contribution in [3.05, 3.63) is 36.9 Å². The molecule has 1 aliphatic heterocycles. The molecular weight excluding hydrogens is 264 g/mol. The lowest BCUT2D eigenvalue weighted by atomic mass is 10.1. The quantitative estimate of drug-likeness (QED) is 0.803. The smallest absolute Gasteiger partial charge is 0.137 e. The largest absolute Gasteiger partial charge is 0.376 e. The van der Waals surface area contributed by atoms with Crippen LogP contribution in [-0.2, 0) is 11.3 Å². The third-order valence-electron chi connectivity index (χ3n) is 4.07. The van der Waals surface area contributed by atoms with Gasteiger partial charge in [-0.15, -0.1) is 0 Å². The zero-order valence-corrected chi connectivity index (χ0v) is 11.8. The van der Waals surface area contributed by atoms with E-state index in [2.05, 4.69) is 27.3 Å². The number of fused-ring (bicyclic) bond motifs is 1. The maximum Gasteiger partial charge on any atom is 0.137 e. The van der Waals surface area contributed by atoms with Crippen LogP contribution in [0, 0.1) is 0 Å². The van der Waals surface area contributed by atoms with Gasteiger partial charge in [-0.3, -0.25) is 4.68 Å². The summed E-state index contributed by atoms with van der Waals surface area (Å²) in [6.45, 7) is 1.72. The van der Waals surface area contributed by atoms with Crippen LogP contribution < -0.4 is 0 Å². The molecule has 0 saturated carbocycles.